The van der Waals surface area contributed by atoms with E-state index in [1.807, 2.05) is 49.9 Å². The highest BCUT2D eigenvalue weighted by Crippen LogP contribution is 2.24. The van der Waals surface area contributed by atoms with Crippen molar-refractivity contribution in [2.45, 2.75) is 72.2 Å². The first-order valence-corrected chi connectivity index (χ1v) is 14.3. The van der Waals surface area contributed by atoms with E-state index >= 15 is 0 Å². The van der Waals surface area contributed by atoms with E-state index in [1.165, 1.54) is 4.57 Å². The SMILES string of the molecule is CC#CCn1c(N2CCC[C@@H](NC(=O)OC(C)(C)C)C2)nc2c1c(=O)n(Cc1[nH]c(=O)c(C)c3ccccc13)c(=O)n2C. The number of rotatable bonds is 5. The number of piperidine rings is 1. The Morgan fingerprint density at radius 2 is 1.88 bits per heavy atom. The van der Waals surface area contributed by atoms with Crippen LogP contribution in [0.4, 0.5) is 10.7 Å². The fourth-order valence-corrected chi connectivity index (χ4v) is 5.58. The van der Waals surface area contributed by atoms with Crippen molar-refractivity contribution in [3.8, 4) is 11.8 Å². The molecular formula is C31H37N7O5. The molecule has 1 fully saturated rings. The molecule has 0 radical (unpaired) electrons. The second-order valence-electron chi connectivity index (χ2n) is 11.9. The second-order valence-corrected chi connectivity index (χ2v) is 11.9. The van der Waals surface area contributed by atoms with Gasteiger partial charge in [-0.25, -0.2) is 9.59 Å². The van der Waals surface area contributed by atoms with Gasteiger partial charge < -0.3 is 19.9 Å². The maximum Gasteiger partial charge on any atom is 0.407 e. The third-order valence-corrected chi connectivity index (χ3v) is 7.63. The standard InChI is InChI=1S/C31H37N7O5/c1-7-8-16-37-24-25(34-28(37)36-15-11-12-20(17-36)32-29(41)43-31(3,4)5)35(6)30(42)38(27(24)40)18-23-22-14-10-9-13-21(22)19(2)26(39)33-23/h9-10,13-14,20H,11-12,15-18H2,1-6H3,(H,32,41)(H,33,39)/t20-/m1/s1. The number of aromatic amines is 1. The summed E-state index contributed by atoms with van der Waals surface area (Å²) in [4.78, 5) is 62.5. The quantitative estimate of drug-likeness (QED) is 0.343. The Balaban J connectivity index is 1.59. The Labute approximate surface area is 248 Å². The lowest BCUT2D eigenvalue weighted by Gasteiger charge is -2.34. The zero-order chi connectivity index (χ0) is 31.1. The number of hydrogen-bond donors (Lipinski definition) is 2. The second kappa shape index (κ2) is 11.5. The third kappa shape index (κ3) is 5.80. The van der Waals surface area contributed by atoms with Crippen LogP contribution in [-0.2, 0) is 24.9 Å². The number of imidazole rings is 1. The average Bonchev–Trinajstić information content (AvgIpc) is 3.34. The van der Waals surface area contributed by atoms with Crippen LogP contribution in [0.25, 0.3) is 21.9 Å². The minimum absolute atomic E-state index is 0.122. The van der Waals surface area contributed by atoms with Crippen LogP contribution in [0.2, 0.25) is 0 Å². The number of alkyl carbamates (subject to hydrolysis) is 1. The van der Waals surface area contributed by atoms with Crippen molar-refractivity contribution in [3.63, 3.8) is 0 Å². The Bertz CT molecular complexity index is 1960. The number of H-pyrrole nitrogens is 1. The van der Waals surface area contributed by atoms with Crippen LogP contribution in [0, 0.1) is 18.8 Å². The van der Waals surface area contributed by atoms with Crippen LogP contribution < -0.4 is 27.0 Å². The van der Waals surface area contributed by atoms with E-state index in [1.54, 1.807) is 25.5 Å². The molecule has 1 aromatic carbocycles. The number of amides is 1. The minimum Gasteiger partial charge on any atom is -0.444 e. The summed E-state index contributed by atoms with van der Waals surface area (Å²) < 4.78 is 9.65. The molecule has 0 saturated carbocycles. The molecule has 4 aromatic rings. The molecular weight excluding hydrogens is 550 g/mol. The number of nitrogens with one attached hydrogen (secondary N) is 2. The molecule has 1 aliphatic rings. The van der Waals surface area contributed by atoms with E-state index in [0.29, 0.717) is 30.3 Å². The largest absolute Gasteiger partial charge is 0.444 e. The molecule has 3 aromatic heterocycles. The minimum atomic E-state index is -0.617. The van der Waals surface area contributed by atoms with Gasteiger partial charge in [-0.05, 0) is 52.8 Å². The maximum atomic E-state index is 14.1. The highest BCUT2D eigenvalue weighted by atomic mass is 16.6. The molecule has 1 saturated heterocycles. The van der Waals surface area contributed by atoms with Gasteiger partial charge in [0, 0.05) is 42.8 Å². The van der Waals surface area contributed by atoms with E-state index in [4.69, 9.17) is 9.72 Å². The van der Waals surface area contributed by atoms with Crippen molar-refractivity contribution in [2.75, 3.05) is 18.0 Å². The first kappa shape index (κ1) is 29.7. The van der Waals surface area contributed by atoms with Crippen molar-refractivity contribution in [2.24, 2.45) is 7.05 Å². The molecule has 12 heteroatoms. The molecule has 12 nitrogen and oxygen atoms in total. The molecule has 43 heavy (non-hydrogen) atoms. The molecule has 2 N–H and O–H groups in total. The van der Waals surface area contributed by atoms with Gasteiger partial charge in [-0.15, -0.1) is 5.92 Å². The van der Waals surface area contributed by atoms with Gasteiger partial charge in [0.1, 0.15) is 5.60 Å². The number of carbonyl (C=O) groups excluding carboxylic acids is 1. The van der Waals surface area contributed by atoms with Crippen LogP contribution >= 0.6 is 0 Å². The summed E-state index contributed by atoms with van der Waals surface area (Å²) in [7, 11) is 1.58. The highest BCUT2D eigenvalue weighted by Gasteiger charge is 2.29. The fraction of sp³-hybridized carbons (Fsp3) is 0.452. The molecule has 1 aliphatic heterocycles. The van der Waals surface area contributed by atoms with E-state index in [9.17, 15) is 19.2 Å². The lowest BCUT2D eigenvalue weighted by Crippen LogP contribution is -2.49. The molecule has 4 heterocycles. The molecule has 1 atom stereocenters. The predicted molar refractivity (Wildman–Crippen MR) is 166 cm³/mol. The summed E-state index contributed by atoms with van der Waals surface area (Å²) in [6, 6.07) is 7.21. The first-order chi connectivity index (χ1) is 20.4. The van der Waals surface area contributed by atoms with Crippen molar-refractivity contribution in [1.82, 2.24) is 29.0 Å². The Morgan fingerprint density at radius 1 is 1.16 bits per heavy atom. The molecule has 0 unspecified atom stereocenters. The molecule has 5 rings (SSSR count). The number of fused-ring (bicyclic) bond motifs is 2. The van der Waals surface area contributed by atoms with Gasteiger partial charge in [0.15, 0.2) is 11.2 Å². The summed E-state index contributed by atoms with van der Waals surface area (Å²) in [6.45, 7) is 10.0. The Hall–Kier alpha value is -4.79. The Morgan fingerprint density at radius 3 is 2.58 bits per heavy atom. The molecule has 0 bridgehead atoms. The van der Waals surface area contributed by atoms with Crippen molar-refractivity contribution in [1.29, 1.82) is 0 Å². The monoisotopic (exact) mass is 587 g/mol. The number of aromatic nitrogens is 5. The summed E-state index contributed by atoms with van der Waals surface area (Å²) in [5, 5.41) is 4.47. The number of carbonyl (C=O) groups is 1. The third-order valence-electron chi connectivity index (χ3n) is 7.63. The lowest BCUT2D eigenvalue weighted by atomic mass is 10.1. The number of aryl methyl sites for hydroxylation is 2. The van der Waals surface area contributed by atoms with E-state index in [0.717, 1.165) is 28.2 Å². The van der Waals surface area contributed by atoms with Gasteiger partial charge in [-0.1, -0.05) is 30.2 Å². The fourth-order valence-electron chi connectivity index (χ4n) is 5.58. The van der Waals surface area contributed by atoms with Crippen LogP contribution in [0.3, 0.4) is 0 Å². The highest BCUT2D eigenvalue weighted by molar-refractivity contribution is 5.87. The number of benzene rings is 1. The van der Waals surface area contributed by atoms with Gasteiger partial charge in [0.2, 0.25) is 5.95 Å². The first-order valence-electron chi connectivity index (χ1n) is 14.3. The van der Waals surface area contributed by atoms with Gasteiger partial charge in [-0.2, -0.15) is 4.98 Å². The molecule has 1 amide bonds. The molecule has 0 aliphatic carbocycles. The van der Waals surface area contributed by atoms with Crippen molar-refractivity contribution in [3.05, 3.63) is 66.7 Å². The number of pyridine rings is 1. The predicted octanol–water partition coefficient (Wildman–Crippen LogP) is 2.61. The van der Waals surface area contributed by atoms with E-state index in [-0.39, 0.29) is 35.9 Å². The van der Waals surface area contributed by atoms with Crippen molar-refractivity contribution < 1.29 is 9.53 Å². The maximum absolute atomic E-state index is 14.1. The summed E-state index contributed by atoms with van der Waals surface area (Å²) in [6.07, 6.45) is 1.05. The van der Waals surface area contributed by atoms with Crippen LogP contribution in [-0.4, -0.2) is 54.5 Å². The van der Waals surface area contributed by atoms with Gasteiger partial charge in [0.25, 0.3) is 11.1 Å². The van der Waals surface area contributed by atoms with Crippen LogP contribution in [0.5, 0.6) is 0 Å². The average molecular weight is 588 g/mol. The smallest absolute Gasteiger partial charge is 0.407 e. The van der Waals surface area contributed by atoms with Gasteiger partial charge in [0.05, 0.1) is 13.1 Å². The lowest BCUT2D eigenvalue weighted by molar-refractivity contribution is 0.0499. The number of ether oxygens (including phenoxy) is 1. The topological polar surface area (TPSA) is 136 Å². The number of anilines is 1. The van der Waals surface area contributed by atoms with E-state index < -0.39 is 22.9 Å². The van der Waals surface area contributed by atoms with Gasteiger partial charge in [-0.3, -0.25) is 23.3 Å². The van der Waals surface area contributed by atoms with E-state index in [2.05, 4.69) is 22.1 Å². The van der Waals surface area contributed by atoms with Crippen molar-refractivity contribution >= 4 is 34.0 Å². The van der Waals surface area contributed by atoms with Gasteiger partial charge >= 0.3 is 11.8 Å². The summed E-state index contributed by atoms with van der Waals surface area (Å²) >= 11 is 0. The summed E-state index contributed by atoms with van der Waals surface area (Å²) in [5.74, 6) is 6.41. The molecule has 226 valence electrons. The molecule has 0 spiro atoms. The summed E-state index contributed by atoms with van der Waals surface area (Å²) in [5.41, 5.74) is -0.458. The number of nitrogens with zero attached hydrogens (tertiary/aromatic N) is 5. The van der Waals surface area contributed by atoms with Crippen LogP contribution in [0.15, 0.2) is 38.6 Å². The zero-order valence-corrected chi connectivity index (χ0v) is 25.4. The number of hydrogen-bond acceptors (Lipinski definition) is 7. The Kier molecular flexibility index (Phi) is 7.92. The zero-order valence-electron chi connectivity index (χ0n) is 25.4. The normalized spacial score (nSPS) is 15.4. The van der Waals surface area contributed by atoms with Crippen LogP contribution in [0.1, 0.15) is 51.8 Å².